The maximum atomic E-state index is 15.7. The van der Waals surface area contributed by atoms with Gasteiger partial charge in [0.1, 0.15) is 42.3 Å². The van der Waals surface area contributed by atoms with E-state index >= 15 is 8.78 Å². The van der Waals surface area contributed by atoms with Crippen LogP contribution in [0.15, 0.2) is 61.2 Å². The predicted molar refractivity (Wildman–Crippen MR) is 109 cm³/mol. The standard InChI is InChI=1S/C22H15F4N7O2/c23-15-2-5-18(19(24)7-15)21(34,12-33-31-13-30-32-33)22(25,26)20-6-4-17(10-29-20)35-11-16-3-1-14(8-27)9-28-16/h1-7,9-10,13,34H,11-12H2. The molecule has 0 amide bonds. The number of ether oxygens (including phenoxy) is 1. The number of aliphatic hydroxyl groups is 1. The van der Waals surface area contributed by atoms with Crippen molar-refractivity contribution < 1.29 is 27.4 Å². The molecule has 178 valence electrons. The Morgan fingerprint density at radius 1 is 1.06 bits per heavy atom. The minimum absolute atomic E-state index is 0.0220. The first kappa shape index (κ1) is 23.7. The van der Waals surface area contributed by atoms with Crippen LogP contribution in [0.5, 0.6) is 5.75 Å². The molecule has 1 N–H and O–H groups in total. The van der Waals surface area contributed by atoms with Crippen molar-refractivity contribution in [1.82, 2.24) is 30.2 Å². The molecule has 0 radical (unpaired) electrons. The van der Waals surface area contributed by atoms with Crippen molar-refractivity contribution in [2.45, 2.75) is 24.7 Å². The third kappa shape index (κ3) is 4.78. The fourth-order valence-corrected chi connectivity index (χ4v) is 3.24. The molecule has 4 rings (SSSR count). The van der Waals surface area contributed by atoms with Crippen molar-refractivity contribution in [3.05, 3.63) is 95.3 Å². The summed E-state index contributed by atoms with van der Waals surface area (Å²) in [6.45, 7) is -1.03. The normalized spacial score (nSPS) is 13.1. The van der Waals surface area contributed by atoms with Crippen molar-refractivity contribution in [1.29, 1.82) is 5.26 Å². The summed E-state index contributed by atoms with van der Waals surface area (Å²) < 4.78 is 64.8. The zero-order chi connectivity index (χ0) is 25.1. The highest BCUT2D eigenvalue weighted by molar-refractivity contribution is 5.32. The first-order valence-electron chi connectivity index (χ1n) is 9.94. The van der Waals surface area contributed by atoms with Gasteiger partial charge in [0.25, 0.3) is 0 Å². The molecule has 0 bridgehead atoms. The maximum Gasteiger partial charge on any atom is 0.323 e. The summed E-state index contributed by atoms with van der Waals surface area (Å²) in [4.78, 5) is 8.38. The minimum Gasteiger partial charge on any atom is -0.486 e. The first-order valence-corrected chi connectivity index (χ1v) is 9.94. The van der Waals surface area contributed by atoms with Crippen LogP contribution in [-0.2, 0) is 24.7 Å². The molecule has 1 unspecified atom stereocenters. The van der Waals surface area contributed by atoms with E-state index in [1.54, 1.807) is 12.1 Å². The molecule has 0 aliphatic rings. The molecular formula is C22H15F4N7O2. The van der Waals surface area contributed by atoms with E-state index < -0.39 is 41.0 Å². The highest BCUT2D eigenvalue weighted by Gasteiger charge is 2.58. The van der Waals surface area contributed by atoms with Gasteiger partial charge >= 0.3 is 5.92 Å². The topological polar surface area (TPSA) is 123 Å². The third-order valence-corrected chi connectivity index (χ3v) is 5.06. The maximum absolute atomic E-state index is 15.7. The lowest BCUT2D eigenvalue weighted by molar-refractivity contribution is -0.209. The average molecular weight is 485 g/mol. The molecule has 3 heterocycles. The Morgan fingerprint density at radius 3 is 2.49 bits per heavy atom. The smallest absolute Gasteiger partial charge is 0.323 e. The molecule has 1 atom stereocenters. The van der Waals surface area contributed by atoms with Gasteiger partial charge in [-0.05, 0) is 41.6 Å². The van der Waals surface area contributed by atoms with Gasteiger partial charge in [-0.25, -0.2) is 8.78 Å². The lowest BCUT2D eigenvalue weighted by Gasteiger charge is -2.35. The first-order chi connectivity index (χ1) is 16.7. The summed E-state index contributed by atoms with van der Waals surface area (Å²) in [5, 5.41) is 30.4. The number of nitrogens with zero attached hydrogens (tertiary/aromatic N) is 7. The van der Waals surface area contributed by atoms with Crippen LogP contribution in [0.3, 0.4) is 0 Å². The largest absolute Gasteiger partial charge is 0.486 e. The van der Waals surface area contributed by atoms with Crippen LogP contribution in [0.1, 0.15) is 22.5 Å². The van der Waals surface area contributed by atoms with Gasteiger partial charge in [-0.15, -0.1) is 10.2 Å². The quantitative estimate of drug-likeness (QED) is 0.378. The van der Waals surface area contributed by atoms with Gasteiger partial charge in [-0.1, -0.05) is 0 Å². The summed E-state index contributed by atoms with van der Waals surface area (Å²) >= 11 is 0. The Hall–Kier alpha value is -4.44. The van der Waals surface area contributed by atoms with Gasteiger partial charge in [-0.2, -0.15) is 18.8 Å². The lowest BCUT2D eigenvalue weighted by Crippen LogP contribution is -2.48. The Bertz CT molecular complexity index is 1340. The van der Waals surface area contributed by atoms with Crippen LogP contribution in [0.25, 0.3) is 0 Å². The molecule has 1 aromatic carbocycles. The number of halogens is 4. The van der Waals surface area contributed by atoms with Crippen LogP contribution in [-0.4, -0.2) is 35.3 Å². The monoisotopic (exact) mass is 485 g/mol. The van der Waals surface area contributed by atoms with Gasteiger partial charge in [-0.3, -0.25) is 9.97 Å². The second-order valence-corrected chi connectivity index (χ2v) is 7.34. The van der Waals surface area contributed by atoms with E-state index in [0.29, 0.717) is 22.1 Å². The molecule has 0 saturated heterocycles. The zero-order valence-electron chi connectivity index (χ0n) is 17.7. The number of benzene rings is 1. The van der Waals surface area contributed by atoms with Gasteiger partial charge in [0.15, 0.2) is 11.9 Å². The molecule has 0 aliphatic heterocycles. The second-order valence-electron chi connectivity index (χ2n) is 7.34. The summed E-state index contributed by atoms with van der Waals surface area (Å²) in [7, 11) is 0. The lowest BCUT2D eigenvalue weighted by atomic mass is 9.84. The van der Waals surface area contributed by atoms with Crippen molar-refractivity contribution in [2.24, 2.45) is 0 Å². The molecule has 35 heavy (non-hydrogen) atoms. The van der Waals surface area contributed by atoms with Crippen molar-refractivity contribution in [2.75, 3.05) is 0 Å². The Labute approximate surface area is 195 Å². The van der Waals surface area contributed by atoms with Gasteiger partial charge in [0, 0.05) is 17.8 Å². The van der Waals surface area contributed by atoms with E-state index in [2.05, 4.69) is 25.4 Å². The van der Waals surface area contributed by atoms with E-state index in [9.17, 15) is 13.9 Å². The van der Waals surface area contributed by atoms with Gasteiger partial charge < -0.3 is 9.84 Å². The minimum atomic E-state index is -4.19. The number of nitriles is 1. The number of rotatable bonds is 8. The molecule has 3 aromatic heterocycles. The molecular weight excluding hydrogens is 470 g/mol. The van der Waals surface area contributed by atoms with Crippen LogP contribution >= 0.6 is 0 Å². The van der Waals surface area contributed by atoms with Crippen molar-refractivity contribution >= 4 is 0 Å². The van der Waals surface area contributed by atoms with Gasteiger partial charge in [0.05, 0.1) is 17.5 Å². The number of aromatic nitrogens is 6. The SMILES string of the molecule is N#Cc1ccc(COc2ccc(C(F)(F)C(O)(Cn3ncnn3)c3ccc(F)cc3F)nc2)nc1. The molecule has 13 heteroatoms. The summed E-state index contributed by atoms with van der Waals surface area (Å²) in [6, 6.07) is 9.00. The zero-order valence-corrected chi connectivity index (χ0v) is 17.7. The Kier molecular flexibility index (Phi) is 6.39. The third-order valence-electron chi connectivity index (χ3n) is 5.06. The molecule has 0 fully saturated rings. The molecule has 9 nitrogen and oxygen atoms in total. The molecule has 0 saturated carbocycles. The number of hydrogen-bond acceptors (Lipinski definition) is 8. The van der Waals surface area contributed by atoms with E-state index in [1.165, 1.54) is 12.3 Å². The van der Waals surface area contributed by atoms with E-state index in [4.69, 9.17) is 10.00 Å². The van der Waals surface area contributed by atoms with Gasteiger partial charge in [0.2, 0.25) is 0 Å². The Balaban J connectivity index is 1.61. The number of tetrazole rings is 1. The molecule has 0 aliphatic carbocycles. The van der Waals surface area contributed by atoms with Crippen LogP contribution in [0.2, 0.25) is 0 Å². The highest BCUT2D eigenvalue weighted by atomic mass is 19.3. The van der Waals surface area contributed by atoms with Crippen LogP contribution < -0.4 is 4.74 Å². The van der Waals surface area contributed by atoms with Crippen molar-refractivity contribution in [3.63, 3.8) is 0 Å². The highest BCUT2D eigenvalue weighted by Crippen LogP contribution is 2.46. The Morgan fingerprint density at radius 2 is 1.89 bits per heavy atom. The van der Waals surface area contributed by atoms with E-state index in [1.807, 2.05) is 6.07 Å². The number of pyridine rings is 2. The average Bonchev–Trinajstić information content (AvgIpc) is 3.36. The second kappa shape index (κ2) is 9.43. The van der Waals surface area contributed by atoms with Crippen LogP contribution in [0.4, 0.5) is 17.6 Å². The summed E-state index contributed by atoms with van der Waals surface area (Å²) in [5.74, 6) is -6.47. The number of hydrogen-bond donors (Lipinski definition) is 1. The summed E-state index contributed by atoms with van der Waals surface area (Å²) in [5.41, 5.74) is -4.19. The fourth-order valence-electron chi connectivity index (χ4n) is 3.24. The predicted octanol–water partition coefficient (Wildman–Crippen LogP) is 2.87. The summed E-state index contributed by atoms with van der Waals surface area (Å²) in [6.07, 6.45) is 3.31. The van der Waals surface area contributed by atoms with Crippen molar-refractivity contribution in [3.8, 4) is 11.8 Å². The molecule has 4 aromatic rings. The molecule has 0 spiro atoms. The van der Waals surface area contributed by atoms with E-state index in [-0.39, 0.29) is 12.4 Å². The van der Waals surface area contributed by atoms with E-state index in [0.717, 1.165) is 30.7 Å². The number of alkyl halides is 2. The van der Waals surface area contributed by atoms with Crippen LogP contribution in [0, 0.1) is 23.0 Å². The fraction of sp³-hybridized carbons (Fsp3) is 0.182.